The zero-order valence-corrected chi connectivity index (χ0v) is 23.4. The van der Waals surface area contributed by atoms with Gasteiger partial charge in [-0.05, 0) is 42.4 Å². The Labute approximate surface area is 222 Å². The highest BCUT2D eigenvalue weighted by Gasteiger charge is 2.26. The number of ether oxygens (including phenoxy) is 1. The molecule has 0 N–H and O–H groups in total. The van der Waals surface area contributed by atoms with E-state index in [9.17, 15) is 9.59 Å². The summed E-state index contributed by atoms with van der Waals surface area (Å²) < 4.78 is 11.3. The fourth-order valence-corrected chi connectivity index (χ4v) is 4.98. The highest BCUT2D eigenvalue weighted by Crippen LogP contribution is 2.26. The van der Waals surface area contributed by atoms with Crippen molar-refractivity contribution >= 4 is 11.8 Å². The maximum absolute atomic E-state index is 13.7. The second-order valence-corrected chi connectivity index (χ2v) is 11.6. The minimum Gasteiger partial charge on any atom is -0.464 e. The van der Waals surface area contributed by atoms with E-state index in [0.29, 0.717) is 39.3 Å². The molecule has 0 bridgehead atoms. The summed E-state index contributed by atoms with van der Waals surface area (Å²) in [7, 11) is 0. The molecule has 1 fully saturated rings. The fourth-order valence-electron chi connectivity index (χ4n) is 4.98. The molecule has 0 radical (unpaired) electrons. The first-order chi connectivity index (χ1) is 17.6. The summed E-state index contributed by atoms with van der Waals surface area (Å²) >= 11 is 0. The van der Waals surface area contributed by atoms with Gasteiger partial charge in [-0.25, -0.2) is 0 Å². The fraction of sp³-hybridized carbons (Fsp3) is 0.600. The van der Waals surface area contributed by atoms with Crippen LogP contribution in [0.25, 0.3) is 0 Å². The quantitative estimate of drug-likeness (QED) is 0.412. The second-order valence-electron chi connectivity index (χ2n) is 11.6. The zero-order chi connectivity index (χ0) is 26.8. The van der Waals surface area contributed by atoms with E-state index in [1.807, 2.05) is 49.4 Å². The molecule has 7 heteroatoms. The van der Waals surface area contributed by atoms with Crippen molar-refractivity contribution in [1.29, 1.82) is 0 Å². The highest BCUT2D eigenvalue weighted by molar-refractivity contribution is 5.85. The molecular formula is C30H45N3O4. The normalized spacial score (nSPS) is 15.4. The summed E-state index contributed by atoms with van der Waals surface area (Å²) in [6, 6.07) is 13.8. The van der Waals surface area contributed by atoms with Crippen LogP contribution in [0.15, 0.2) is 46.9 Å². The number of hydrogen-bond acceptors (Lipinski definition) is 5. The van der Waals surface area contributed by atoms with E-state index in [-0.39, 0.29) is 29.7 Å². The Hall–Kier alpha value is -2.64. The van der Waals surface area contributed by atoms with Crippen LogP contribution >= 0.6 is 0 Å². The molecule has 1 unspecified atom stereocenters. The van der Waals surface area contributed by atoms with Crippen molar-refractivity contribution < 1.29 is 18.7 Å². The van der Waals surface area contributed by atoms with E-state index in [0.717, 1.165) is 43.1 Å². The molecule has 1 saturated heterocycles. The molecular weight excluding hydrogens is 466 g/mol. The van der Waals surface area contributed by atoms with E-state index in [4.69, 9.17) is 9.15 Å². The second kappa shape index (κ2) is 13.8. The Morgan fingerprint density at radius 1 is 0.973 bits per heavy atom. The first kappa shape index (κ1) is 28.9. The average Bonchev–Trinajstić information content (AvgIpc) is 3.25. The number of rotatable bonds is 12. The molecule has 0 aliphatic carbocycles. The third-order valence-electron chi connectivity index (χ3n) is 6.66. The van der Waals surface area contributed by atoms with Gasteiger partial charge >= 0.3 is 0 Å². The lowest BCUT2D eigenvalue weighted by Crippen LogP contribution is -2.47. The van der Waals surface area contributed by atoms with E-state index < -0.39 is 0 Å². The van der Waals surface area contributed by atoms with Crippen LogP contribution < -0.4 is 0 Å². The Morgan fingerprint density at radius 3 is 2.30 bits per heavy atom. The van der Waals surface area contributed by atoms with Crippen LogP contribution in [0.4, 0.5) is 0 Å². The molecule has 1 aromatic heterocycles. The third kappa shape index (κ3) is 10.3. The third-order valence-corrected chi connectivity index (χ3v) is 6.66. The summed E-state index contributed by atoms with van der Waals surface area (Å²) in [5.41, 5.74) is 1.20. The topological polar surface area (TPSA) is 66.2 Å². The summed E-state index contributed by atoms with van der Waals surface area (Å²) in [5, 5.41) is 0. The molecule has 204 valence electrons. The van der Waals surface area contributed by atoms with E-state index in [2.05, 4.69) is 32.6 Å². The monoisotopic (exact) mass is 511 g/mol. The molecule has 1 aliphatic rings. The number of benzene rings is 1. The molecule has 2 heterocycles. The van der Waals surface area contributed by atoms with Crippen LogP contribution in [0, 0.1) is 18.3 Å². The van der Waals surface area contributed by atoms with Crippen molar-refractivity contribution in [2.45, 2.75) is 60.5 Å². The zero-order valence-electron chi connectivity index (χ0n) is 23.4. The average molecular weight is 512 g/mol. The predicted octanol–water partition coefficient (Wildman–Crippen LogP) is 4.74. The Kier molecular flexibility index (Phi) is 10.8. The van der Waals surface area contributed by atoms with Crippen molar-refractivity contribution in [1.82, 2.24) is 14.7 Å². The lowest BCUT2D eigenvalue weighted by molar-refractivity contribution is -0.142. The minimum absolute atomic E-state index is 0.0480. The van der Waals surface area contributed by atoms with Crippen molar-refractivity contribution in [3.05, 3.63) is 59.5 Å². The molecule has 0 spiro atoms. The molecule has 1 aliphatic heterocycles. The molecule has 7 nitrogen and oxygen atoms in total. The first-order valence-electron chi connectivity index (χ1n) is 13.5. The Morgan fingerprint density at radius 2 is 1.68 bits per heavy atom. The molecule has 37 heavy (non-hydrogen) atoms. The molecule has 2 amide bonds. The number of aryl methyl sites for hydroxylation is 1. The van der Waals surface area contributed by atoms with Crippen LogP contribution in [-0.4, -0.2) is 72.5 Å². The number of carbonyl (C=O) groups excluding carboxylic acids is 2. The van der Waals surface area contributed by atoms with Crippen LogP contribution in [0.5, 0.6) is 0 Å². The van der Waals surface area contributed by atoms with E-state index in [1.54, 1.807) is 9.80 Å². The van der Waals surface area contributed by atoms with Crippen molar-refractivity contribution in [2.24, 2.45) is 11.3 Å². The maximum Gasteiger partial charge on any atom is 0.242 e. The number of furan rings is 1. The van der Waals surface area contributed by atoms with Crippen molar-refractivity contribution in [3.8, 4) is 0 Å². The summed E-state index contributed by atoms with van der Waals surface area (Å²) in [6.07, 6.45) is 1.41. The van der Waals surface area contributed by atoms with Crippen molar-refractivity contribution in [2.75, 3.05) is 45.9 Å². The molecule has 0 saturated carbocycles. The van der Waals surface area contributed by atoms with Crippen LogP contribution in [-0.2, 0) is 27.4 Å². The van der Waals surface area contributed by atoms with Crippen LogP contribution in [0.3, 0.4) is 0 Å². The maximum atomic E-state index is 13.7. The smallest absolute Gasteiger partial charge is 0.242 e. The molecule has 3 rings (SSSR count). The van der Waals surface area contributed by atoms with Crippen LogP contribution in [0.2, 0.25) is 0 Å². The lowest BCUT2D eigenvalue weighted by atomic mass is 9.84. The summed E-state index contributed by atoms with van der Waals surface area (Å²) in [4.78, 5) is 33.0. The number of hydrogen-bond donors (Lipinski definition) is 0. The summed E-state index contributed by atoms with van der Waals surface area (Å²) in [6.45, 7) is 15.9. The largest absolute Gasteiger partial charge is 0.464 e. The number of amides is 2. The molecule has 1 atom stereocenters. The van der Waals surface area contributed by atoms with Gasteiger partial charge in [0.15, 0.2) is 0 Å². The SMILES string of the molecule is Cc1ccc(CN(Cc2ccccc2)C(=O)CN(CCN2CCOCC2)C(=O)CC(C)CC(C)(C)C)o1. The predicted molar refractivity (Wildman–Crippen MR) is 146 cm³/mol. The van der Waals surface area contributed by atoms with E-state index in [1.165, 1.54) is 0 Å². The van der Waals surface area contributed by atoms with Crippen molar-refractivity contribution in [3.63, 3.8) is 0 Å². The standard InChI is InChI=1S/C30H45N3O4/c1-24(20-30(3,4)5)19-28(34)32(14-13-31-15-17-36-18-16-31)23-29(35)33(21-26-9-7-6-8-10-26)22-27-12-11-25(2)37-27/h6-12,24H,13-23H2,1-5H3. The van der Waals surface area contributed by atoms with Gasteiger partial charge in [0.1, 0.15) is 11.5 Å². The van der Waals surface area contributed by atoms with Crippen LogP contribution in [0.1, 0.15) is 57.6 Å². The number of carbonyl (C=O) groups is 2. The lowest BCUT2D eigenvalue weighted by Gasteiger charge is -2.32. The van der Waals surface area contributed by atoms with Gasteiger partial charge in [0.05, 0.1) is 26.3 Å². The number of nitrogens with zero attached hydrogens (tertiary/aromatic N) is 3. The highest BCUT2D eigenvalue weighted by atomic mass is 16.5. The van der Waals surface area contributed by atoms with Gasteiger partial charge in [-0.15, -0.1) is 0 Å². The van der Waals surface area contributed by atoms with Gasteiger partial charge in [-0.1, -0.05) is 58.0 Å². The Bertz CT molecular complexity index is 976. The van der Waals surface area contributed by atoms with E-state index >= 15 is 0 Å². The van der Waals surface area contributed by atoms with Gasteiger partial charge < -0.3 is 19.0 Å². The van der Waals surface area contributed by atoms with Gasteiger partial charge in [-0.2, -0.15) is 0 Å². The summed E-state index contributed by atoms with van der Waals surface area (Å²) in [5.74, 6) is 1.78. The minimum atomic E-state index is -0.0725. The number of morpholine rings is 1. The van der Waals surface area contributed by atoms with Gasteiger partial charge in [0, 0.05) is 39.1 Å². The first-order valence-corrected chi connectivity index (χ1v) is 13.5. The molecule has 1 aromatic carbocycles. The van der Waals surface area contributed by atoms with Gasteiger partial charge in [0.2, 0.25) is 11.8 Å². The van der Waals surface area contributed by atoms with Gasteiger partial charge in [0.25, 0.3) is 0 Å². The Balaban J connectivity index is 1.73. The van der Waals surface area contributed by atoms with Gasteiger partial charge in [-0.3, -0.25) is 14.5 Å². The molecule has 2 aromatic rings.